The molecule has 0 bridgehead atoms. The highest BCUT2D eigenvalue weighted by atomic mass is 32.2. The number of rotatable bonds is 5. The molecule has 1 N–H and O–H groups in total. The highest BCUT2D eigenvalue weighted by Crippen LogP contribution is 2.37. The Balaban J connectivity index is 1.71. The summed E-state index contributed by atoms with van der Waals surface area (Å²) in [6.07, 6.45) is 2.13. The van der Waals surface area contributed by atoms with Crippen molar-refractivity contribution in [2.45, 2.75) is 51.5 Å². The fourth-order valence-electron chi connectivity index (χ4n) is 3.46. The number of aromatic nitrogens is 4. The molecule has 0 radical (unpaired) electrons. The summed E-state index contributed by atoms with van der Waals surface area (Å²) in [6.45, 7) is 7.55. The minimum Gasteiger partial charge on any atom is -0.280 e. The second-order valence-corrected chi connectivity index (χ2v) is 9.07. The summed E-state index contributed by atoms with van der Waals surface area (Å²) in [5.41, 5.74) is 4.72. The van der Waals surface area contributed by atoms with Crippen molar-refractivity contribution in [2.24, 2.45) is 0 Å². The molecule has 1 aliphatic carbocycles. The SMILES string of the molecule is Cc1cc(C)c(C)c(S(=O)(=O)Nc2cccc(-c3nnnn3C3CC3)c2)c1C. The molecule has 146 valence electrons. The topological polar surface area (TPSA) is 89.8 Å². The van der Waals surface area contributed by atoms with Crippen molar-refractivity contribution in [3.8, 4) is 11.4 Å². The van der Waals surface area contributed by atoms with Crippen LogP contribution in [0.5, 0.6) is 0 Å². The highest BCUT2D eigenvalue weighted by Gasteiger charge is 2.28. The molecule has 0 aliphatic heterocycles. The number of tetrazole rings is 1. The molecule has 3 aromatic rings. The van der Waals surface area contributed by atoms with Crippen molar-refractivity contribution in [3.63, 3.8) is 0 Å². The van der Waals surface area contributed by atoms with Gasteiger partial charge in [0.25, 0.3) is 10.0 Å². The van der Waals surface area contributed by atoms with E-state index in [1.165, 1.54) is 0 Å². The Morgan fingerprint density at radius 2 is 1.71 bits per heavy atom. The molecule has 8 heteroatoms. The molecule has 28 heavy (non-hydrogen) atoms. The Morgan fingerprint density at radius 3 is 2.36 bits per heavy atom. The van der Waals surface area contributed by atoms with E-state index >= 15 is 0 Å². The lowest BCUT2D eigenvalue weighted by Gasteiger charge is -2.17. The average molecular weight is 398 g/mol. The molecule has 1 aliphatic rings. The zero-order chi connectivity index (χ0) is 20.1. The third kappa shape index (κ3) is 3.28. The zero-order valence-electron chi connectivity index (χ0n) is 16.4. The van der Waals surface area contributed by atoms with Gasteiger partial charge in [-0.05, 0) is 85.3 Å². The van der Waals surface area contributed by atoms with Gasteiger partial charge in [0.1, 0.15) is 0 Å². The van der Waals surface area contributed by atoms with Crippen LogP contribution in [0, 0.1) is 27.7 Å². The molecule has 1 fully saturated rings. The Bertz CT molecular complexity index is 1140. The van der Waals surface area contributed by atoms with Gasteiger partial charge in [-0.3, -0.25) is 4.72 Å². The van der Waals surface area contributed by atoms with E-state index in [1.54, 1.807) is 18.2 Å². The molecule has 0 amide bonds. The minimum atomic E-state index is -3.73. The van der Waals surface area contributed by atoms with E-state index in [4.69, 9.17) is 0 Å². The van der Waals surface area contributed by atoms with E-state index in [9.17, 15) is 8.42 Å². The smallest absolute Gasteiger partial charge is 0.262 e. The lowest BCUT2D eigenvalue weighted by molar-refractivity contribution is 0.599. The van der Waals surface area contributed by atoms with Gasteiger partial charge in [-0.2, -0.15) is 0 Å². The van der Waals surface area contributed by atoms with Crippen LogP contribution in [0.2, 0.25) is 0 Å². The Morgan fingerprint density at radius 1 is 1.04 bits per heavy atom. The summed E-state index contributed by atoms with van der Waals surface area (Å²) < 4.78 is 30.9. The standard InChI is InChI=1S/C20H23N5O2S/c1-12-10-13(2)15(4)19(14(12)3)28(26,27)22-17-7-5-6-16(11-17)20-21-23-24-25(20)18-8-9-18/h5-7,10-11,18,22H,8-9H2,1-4H3. The van der Waals surface area contributed by atoms with Gasteiger partial charge in [0.2, 0.25) is 0 Å². The lowest BCUT2D eigenvalue weighted by atomic mass is 10.0. The van der Waals surface area contributed by atoms with Crippen LogP contribution < -0.4 is 4.72 Å². The summed E-state index contributed by atoms with van der Waals surface area (Å²) in [5.74, 6) is 0.655. The number of anilines is 1. The van der Waals surface area contributed by atoms with Gasteiger partial charge in [0.15, 0.2) is 5.82 Å². The van der Waals surface area contributed by atoms with Gasteiger partial charge in [0, 0.05) is 11.3 Å². The third-order valence-corrected chi connectivity index (χ3v) is 6.98. The van der Waals surface area contributed by atoms with Crippen LogP contribution in [0.4, 0.5) is 5.69 Å². The van der Waals surface area contributed by atoms with Crippen LogP contribution >= 0.6 is 0 Å². The van der Waals surface area contributed by atoms with Gasteiger partial charge >= 0.3 is 0 Å². The van der Waals surface area contributed by atoms with E-state index in [1.807, 2.05) is 44.5 Å². The number of aryl methyl sites for hydroxylation is 2. The van der Waals surface area contributed by atoms with Crippen molar-refractivity contribution in [1.82, 2.24) is 20.2 Å². The monoisotopic (exact) mass is 397 g/mol. The van der Waals surface area contributed by atoms with Gasteiger partial charge in [-0.25, -0.2) is 13.1 Å². The van der Waals surface area contributed by atoms with Crippen molar-refractivity contribution in [1.29, 1.82) is 0 Å². The third-order valence-electron chi connectivity index (χ3n) is 5.32. The molecule has 0 unspecified atom stereocenters. The Labute approximate surface area is 164 Å². The normalized spacial score (nSPS) is 14.3. The van der Waals surface area contributed by atoms with Gasteiger partial charge < -0.3 is 0 Å². The van der Waals surface area contributed by atoms with Crippen LogP contribution in [0.1, 0.15) is 41.1 Å². The molecule has 0 atom stereocenters. The van der Waals surface area contributed by atoms with E-state index in [2.05, 4.69) is 20.2 Å². The lowest BCUT2D eigenvalue weighted by Crippen LogP contribution is -2.17. The maximum absolute atomic E-state index is 13.2. The maximum Gasteiger partial charge on any atom is 0.262 e. The summed E-state index contributed by atoms with van der Waals surface area (Å²) in [4.78, 5) is 0.346. The first kappa shape index (κ1) is 18.6. The number of hydrogen-bond acceptors (Lipinski definition) is 5. The van der Waals surface area contributed by atoms with Crippen molar-refractivity contribution < 1.29 is 8.42 Å². The number of sulfonamides is 1. The Hall–Kier alpha value is -2.74. The number of nitrogens with one attached hydrogen (secondary N) is 1. The van der Waals surface area contributed by atoms with Gasteiger partial charge in [0.05, 0.1) is 10.9 Å². The van der Waals surface area contributed by atoms with Gasteiger partial charge in [-0.15, -0.1) is 5.10 Å². The fraction of sp³-hybridized carbons (Fsp3) is 0.350. The zero-order valence-corrected chi connectivity index (χ0v) is 17.2. The average Bonchev–Trinajstić information content (AvgIpc) is 3.36. The quantitative estimate of drug-likeness (QED) is 0.709. The number of hydrogen-bond donors (Lipinski definition) is 1. The van der Waals surface area contributed by atoms with Crippen molar-refractivity contribution in [3.05, 3.63) is 52.6 Å². The van der Waals surface area contributed by atoms with E-state index < -0.39 is 10.0 Å². The van der Waals surface area contributed by atoms with E-state index in [0.717, 1.165) is 40.7 Å². The first-order valence-electron chi connectivity index (χ1n) is 9.26. The first-order valence-corrected chi connectivity index (χ1v) is 10.7. The molecule has 1 heterocycles. The molecule has 4 rings (SSSR count). The molecule has 1 aromatic heterocycles. The van der Waals surface area contributed by atoms with E-state index in [-0.39, 0.29) is 0 Å². The summed E-state index contributed by atoms with van der Waals surface area (Å²) in [6, 6.07) is 9.55. The number of nitrogens with zero attached hydrogens (tertiary/aromatic N) is 4. The van der Waals surface area contributed by atoms with Crippen LogP contribution in [0.3, 0.4) is 0 Å². The van der Waals surface area contributed by atoms with Gasteiger partial charge in [-0.1, -0.05) is 18.2 Å². The predicted molar refractivity (Wildman–Crippen MR) is 108 cm³/mol. The van der Waals surface area contributed by atoms with Crippen LogP contribution in [-0.4, -0.2) is 28.6 Å². The van der Waals surface area contributed by atoms with Crippen LogP contribution in [0.15, 0.2) is 35.2 Å². The molecular weight excluding hydrogens is 374 g/mol. The minimum absolute atomic E-state index is 0.339. The van der Waals surface area contributed by atoms with Crippen molar-refractivity contribution in [2.75, 3.05) is 4.72 Å². The second kappa shape index (κ2) is 6.70. The molecular formula is C20H23N5O2S. The summed E-state index contributed by atoms with van der Waals surface area (Å²) in [7, 11) is -3.73. The second-order valence-electron chi connectivity index (χ2n) is 7.45. The fourth-order valence-corrected chi connectivity index (χ4v) is 5.13. The highest BCUT2D eigenvalue weighted by molar-refractivity contribution is 7.92. The summed E-state index contributed by atoms with van der Waals surface area (Å²) >= 11 is 0. The van der Waals surface area contributed by atoms with Crippen LogP contribution in [0.25, 0.3) is 11.4 Å². The Kier molecular flexibility index (Phi) is 4.45. The van der Waals surface area contributed by atoms with Crippen LogP contribution in [-0.2, 0) is 10.0 Å². The molecule has 0 spiro atoms. The summed E-state index contributed by atoms with van der Waals surface area (Å²) in [5, 5.41) is 12.0. The molecule has 7 nitrogen and oxygen atoms in total. The molecule has 0 saturated heterocycles. The van der Waals surface area contributed by atoms with Crippen molar-refractivity contribution >= 4 is 15.7 Å². The van der Waals surface area contributed by atoms with E-state index in [0.29, 0.717) is 22.4 Å². The molecule has 2 aromatic carbocycles. The molecule has 1 saturated carbocycles. The largest absolute Gasteiger partial charge is 0.280 e. The first-order chi connectivity index (χ1) is 13.3. The maximum atomic E-state index is 13.2. The predicted octanol–water partition coefficient (Wildman–Crippen LogP) is 3.71. The number of benzene rings is 2.